The molecule has 0 saturated heterocycles. The molecule has 8 heteroatoms. The van der Waals surface area contributed by atoms with E-state index >= 15 is 0 Å². The van der Waals surface area contributed by atoms with E-state index in [0.29, 0.717) is 18.8 Å². The van der Waals surface area contributed by atoms with Crippen LogP contribution >= 0.6 is 0 Å². The number of ether oxygens (including phenoxy) is 1. The summed E-state index contributed by atoms with van der Waals surface area (Å²) < 4.78 is 19.4. The molecule has 0 bridgehead atoms. The molecule has 0 aliphatic heterocycles. The van der Waals surface area contributed by atoms with Crippen LogP contribution in [0.3, 0.4) is 0 Å². The first-order chi connectivity index (χ1) is 16.6. The van der Waals surface area contributed by atoms with Crippen LogP contribution in [0.25, 0.3) is 10.9 Å². The third-order valence-corrected chi connectivity index (χ3v) is 5.29. The van der Waals surface area contributed by atoms with E-state index in [1.54, 1.807) is 24.3 Å². The zero-order chi connectivity index (χ0) is 23.8. The van der Waals surface area contributed by atoms with Gasteiger partial charge in [0, 0.05) is 29.3 Å². The number of aliphatic hydroxyl groups is 1. The standard InChI is InChI=1S/C26H27FN4O3/c27-22-4-1-2-5-24(22)31-26(33)30-19-10-8-18(9-11-19)12-14-28-16-20(32)17-34-25-7-3-6-23-21(25)13-15-29-23/h1-11,13,15,20,28-29,32H,12,14,16-17H2,(H2,30,31,33)/t20-/m0/s1. The zero-order valence-electron chi connectivity index (χ0n) is 18.6. The molecule has 0 radical (unpaired) electrons. The molecule has 0 unspecified atom stereocenters. The molecule has 0 aliphatic carbocycles. The van der Waals surface area contributed by atoms with E-state index in [1.165, 1.54) is 12.1 Å². The van der Waals surface area contributed by atoms with Gasteiger partial charge in [0.25, 0.3) is 0 Å². The predicted octanol–water partition coefficient (Wildman–Crippen LogP) is 4.52. The van der Waals surface area contributed by atoms with Gasteiger partial charge in [-0.1, -0.05) is 30.3 Å². The number of aromatic amines is 1. The first-order valence-electron chi connectivity index (χ1n) is 11.1. The molecule has 3 aromatic carbocycles. The van der Waals surface area contributed by atoms with Crippen molar-refractivity contribution in [1.29, 1.82) is 0 Å². The number of amides is 2. The summed E-state index contributed by atoms with van der Waals surface area (Å²) in [6.45, 7) is 1.30. The van der Waals surface area contributed by atoms with Crippen LogP contribution in [0.4, 0.5) is 20.6 Å². The van der Waals surface area contributed by atoms with E-state index in [2.05, 4.69) is 20.9 Å². The van der Waals surface area contributed by atoms with Crippen LogP contribution in [0.2, 0.25) is 0 Å². The second-order valence-electron chi connectivity index (χ2n) is 7.87. The van der Waals surface area contributed by atoms with Crippen LogP contribution in [-0.4, -0.2) is 41.9 Å². The van der Waals surface area contributed by atoms with Crippen LogP contribution in [0.5, 0.6) is 5.75 Å². The number of fused-ring (bicyclic) bond motifs is 1. The highest BCUT2D eigenvalue weighted by Crippen LogP contribution is 2.24. The van der Waals surface area contributed by atoms with Crippen molar-refractivity contribution < 1.29 is 19.0 Å². The van der Waals surface area contributed by atoms with E-state index in [1.807, 2.05) is 42.6 Å². The molecule has 4 aromatic rings. The van der Waals surface area contributed by atoms with Crippen LogP contribution in [0.1, 0.15) is 5.56 Å². The van der Waals surface area contributed by atoms with Crippen LogP contribution in [0.15, 0.2) is 79.0 Å². The molecule has 5 N–H and O–H groups in total. The number of hydrogen-bond donors (Lipinski definition) is 5. The van der Waals surface area contributed by atoms with Crippen molar-refractivity contribution in [1.82, 2.24) is 10.3 Å². The molecule has 1 heterocycles. The highest BCUT2D eigenvalue weighted by Gasteiger charge is 2.09. The lowest BCUT2D eigenvalue weighted by Crippen LogP contribution is -2.32. The van der Waals surface area contributed by atoms with Gasteiger partial charge in [-0.15, -0.1) is 0 Å². The summed E-state index contributed by atoms with van der Waals surface area (Å²) in [6, 6.07) is 20.6. The summed E-state index contributed by atoms with van der Waals surface area (Å²) in [5.41, 5.74) is 2.81. The number of para-hydroxylation sites is 1. The molecular weight excluding hydrogens is 435 g/mol. The van der Waals surface area contributed by atoms with Crippen molar-refractivity contribution in [3.8, 4) is 5.75 Å². The average Bonchev–Trinajstić information content (AvgIpc) is 3.33. The van der Waals surface area contributed by atoms with Gasteiger partial charge < -0.3 is 30.8 Å². The molecule has 0 saturated carbocycles. The molecule has 0 aliphatic rings. The van der Waals surface area contributed by atoms with E-state index in [-0.39, 0.29) is 12.3 Å². The third kappa shape index (κ3) is 6.34. The monoisotopic (exact) mass is 462 g/mol. The molecule has 0 fully saturated rings. The van der Waals surface area contributed by atoms with E-state index < -0.39 is 18.0 Å². The number of anilines is 2. The van der Waals surface area contributed by atoms with Gasteiger partial charge in [-0.3, -0.25) is 0 Å². The van der Waals surface area contributed by atoms with Gasteiger partial charge in [0.2, 0.25) is 0 Å². The maximum atomic E-state index is 13.6. The summed E-state index contributed by atoms with van der Waals surface area (Å²) in [5, 5.41) is 19.6. The van der Waals surface area contributed by atoms with Crippen LogP contribution < -0.4 is 20.7 Å². The largest absolute Gasteiger partial charge is 0.490 e. The third-order valence-electron chi connectivity index (χ3n) is 5.29. The molecule has 34 heavy (non-hydrogen) atoms. The number of hydrogen-bond acceptors (Lipinski definition) is 4. The van der Waals surface area contributed by atoms with E-state index in [9.17, 15) is 14.3 Å². The summed E-state index contributed by atoms with van der Waals surface area (Å²) in [6.07, 6.45) is 1.99. The summed E-state index contributed by atoms with van der Waals surface area (Å²) in [5.74, 6) is 0.254. The first-order valence-corrected chi connectivity index (χ1v) is 11.1. The lowest BCUT2D eigenvalue weighted by molar-refractivity contribution is 0.107. The molecular formula is C26H27FN4O3. The van der Waals surface area contributed by atoms with Gasteiger partial charge in [0.05, 0.1) is 5.69 Å². The number of aromatic nitrogens is 1. The van der Waals surface area contributed by atoms with E-state index in [0.717, 1.165) is 28.6 Å². The number of benzene rings is 3. The summed E-state index contributed by atoms with van der Waals surface area (Å²) in [4.78, 5) is 15.2. The van der Waals surface area contributed by atoms with E-state index in [4.69, 9.17) is 4.74 Å². The Kier molecular flexibility index (Phi) is 7.75. The van der Waals surface area contributed by atoms with Crippen LogP contribution in [0, 0.1) is 5.82 Å². The Balaban J connectivity index is 1.15. The number of urea groups is 1. The fourth-order valence-corrected chi connectivity index (χ4v) is 3.53. The Labute approximate surface area is 197 Å². The van der Waals surface area contributed by atoms with Gasteiger partial charge in [0.1, 0.15) is 24.3 Å². The fourth-order valence-electron chi connectivity index (χ4n) is 3.53. The Bertz CT molecular complexity index is 1230. The lowest BCUT2D eigenvalue weighted by Gasteiger charge is -2.14. The number of aliphatic hydroxyl groups excluding tert-OH is 1. The SMILES string of the molecule is O=C(Nc1ccc(CCNC[C@H](O)COc2cccc3[nH]ccc23)cc1)Nc1ccccc1F. The Morgan fingerprint density at radius 1 is 1.00 bits per heavy atom. The summed E-state index contributed by atoms with van der Waals surface area (Å²) >= 11 is 0. The van der Waals surface area contributed by atoms with Gasteiger partial charge >= 0.3 is 6.03 Å². The quantitative estimate of drug-likeness (QED) is 0.224. The second kappa shape index (κ2) is 11.3. The normalized spacial score (nSPS) is 11.8. The average molecular weight is 463 g/mol. The maximum Gasteiger partial charge on any atom is 0.323 e. The van der Waals surface area contributed by atoms with Crippen LogP contribution in [-0.2, 0) is 6.42 Å². The first kappa shape index (κ1) is 23.3. The number of nitrogens with one attached hydrogen (secondary N) is 4. The molecule has 1 atom stereocenters. The fraction of sp³-hybridized carbons (Fsp3) is 0.192. The Morgan fingerprint density at radius 2 is 1.82 bits per heavy atom. The van der Waals surface area contributed by atoms with Crippen molar-refractivity contribution in [3.05, 3.63) is 90.4 Å². The smallest absolute Gasteiger partial charge is 0.323 e. The maximum absolute atomic E-state index is 13.6. The van der Waals surface area contributed by atoms with Crippen molar-refractivity contribution in [2.45, 2.75) is 12.5 Å². The molecule has 1 aromatic heterocycles. The second-order valence-corrected chi connectivity index (χ2v) is 7.87. The molecule has 2 amide bonds. The molecule has 4 rings (SSSR count). The zero-order valence-corrected chi connectivity index (χ0v) is 18.6. The minimum Gasteiger partial charge on any atom is -0.490 e. The van der Waals surface area contributed by atoms with Gasteiger partial charge in [-0.2, -0.15) is 0 Å². The Morgan fingerprint density at radius 3 is 2.65 bits per heavy atom. The van der Waals surface area contributed by atoms with Gasteiger partial charge in [-0.05, 0) is 61.0 Å². The van der Waals surface area contributed by atoms with Gasteiger partial charge in [0.15, 0.2) is 0 Å². The number of carbonyl (C=O) groups excluding carboxylic acids is 1. The molecule has 7 nitrogen and oxygen atoms in total. The number of rotatable bonds is 10. The molecule has 0 spiro atoms. The summed E-state index contributed by atoms with van der Waals surface area (Å²) in [7, 11) is 0. The molecule has 176 valence electrons. The van der Waals surface area contributed by atoms with Crippen molar-refractivity contribution in [2.24, 2.45) is 0 Å². The minimum atomic E-state index is -0.631. The number of H-pyrrole nitrogens is 1. The number of carbonyl (C=O) groups is 1. The predicted molar refractivity (Wildman–Crippen MR) is 132 cm³/mol. The van der Waals surface area contributed by atoms with Crippen molar-refractivity contribution in [3.63, 3.8) is 0 Å². The van der Waals surface area contributed by atoms with Crippen molar-refractivity contribution >= 4 is 28.3 Å². The highest BCUT2D eigenvalue weighted by molar-refractivity contribution is 5.99. The Hall–Kier alpha value is -3.88. The number of halogens is 1. The van der Waals surface area contributed by atoms with Gasteiger partial charge in [-0.25, -0.2) is 9.18 Å². The van der Waals surface area contributed by atoms with Crippen molar-refractivity contribution in [2.75, 3.05) is 30.3 Å². The topological polar surface area (TPSA) is 98.4 Å². The lowest BCUT2D eigenvalue weighted by atomic mass is 10.1. The minimum absolute atomic E-state index is 0.122. The highest BCUT2D eigenvalue weighted by atomic mass is 19.1.